The molecule has 1 rings (SSSR count). The highest BCUT2D eigenvalue weighted by molar-refractivity contribution is 5.73. The monoisotopic (exact) mass is 305 g/mol. The Labute approximate surface area is 124 Å². The first kappa shape index (κ1) is 17.8. The predicted molar refractivity (Wildman–Crippen MR) is 71.5 cm³/mol. The van der Waals surface area contributed by atoms with Crippen LogP contribution in [0.25, 0.3) is 0 Å². The molecule has 0 radical (unpaired) electrons. The maximum atomic E-state index is 11.4. The van der Waals surface area contributed by atoms with Crippen molar-refractivity contribution < 1.29 is 33.3 Å². The molecule has 122 valence electrons. The van der Waals surface area contributed by atoms with Gasteiger partial charge in [0, 0.05) is 35.2 Å². The molecule has 1 amide bonds. The van der Waals surface area contributed by atoms with E-state index in [9.17, 15) is 9.59 Å². The van der Waals surface area contributed by atoms with Gasteiger partial charge in [0.05, 0.1) is 6.61 Å². The Hall–Kier alpha value is -1.22. The van der Waals surface area contributed by atoms with E-state index >= 15 is 0 Å². The molecule has 1 aliphatic heterocycles. The Kier molecular flexibility index (Phi) is 7.03. The van der Waals surface area contributed by atoms with Gasteiger partial charge in [-0.3, -0.25) is 9.59 Å². The van der Waals surface area contributed by atoms with Crippen LogP contribution in [0, 0.1) is 0 Å². The van der Waals surface area contributed by atoms with Crippen molar-refractivity contribution in [1.82, 2.24) is 5.32 Å². The molecule has 0 aromatic carbocycles. The molecule has 21 heavy (non-hydrogen) atoms. The first-order chi connectivity index (χ1) is 9.94. The molecule has 0 spiro atoms. The van der Waals surface area contributed by atoms with E-state index in [4.69, 9.17) is 23.7 Å². The van der Waals surface area contributed by atoms with Crippen LogP contribution in [0.15, 0.2) is 0 Å². The summed E-state index contributed by atoms with van der Waals surface area (Å²) in [5.74, 6) is -0.770. The minimum absolute atomic E-state index is 0.239. The molecule has 8 nitrogen and oxygen atoms in total. The minimum Gasteiger partial charge on any atom is -0.457 e. The Morgan fingerprint density at radius 1 is 1.10 bits per heavy atom. The van der Waals surface area contributed by atoms with Gasteiger partial charge in [-0.1, -0.05) is 0 Å². The van der Waals surface area contributed by atoms with Crippen molar-refractivity contribution in [2.75, 3.05) is 27.9 Å². The highest BCUT2D eigenvalue weighted by Gasteiger charge is 2.49. The third-order valence-corrected chi connectivity index (χ3v) is 3.15. The van der Waals surface area contributed by atoms with Crippen LogP contribution in [0.1, 0.15) is 13.8 Å². The van der Waals surface area contributed by atoms with Crippen LogP contribution in [-0.4, -0.2) is 70.5 Å². The average molecular weight is 305 g/mol. The highest BCUT2D eigenvalue weighted by atomic mass is 16.7. The van der Waals surface area contributed by atoms with Gasteiger partial charge in [0.2, 0.25) is 5.91 Å². The van der Waals surface area contributed by atoms with Crippen molar-refractivity contribution in [1.29, 1.82) is 0 Å². The van der Waals surface area contributed by atoms with Crippen LogP contribution in [-0.2, 0) is 33.3 Å². The van der Waals surface area contributed by atoms with E-state index in [1.807, 2.05) is 0 Å². The normalized spacial score (nSPS) is 32.5. The van der Waals surface area contributed by atoms with Crippen LogP contribution in [0.3, 0.4) is 0 Å². The van der Waals surface area contributed by atoms with Gasteiger partial charge in [0.1, 0.15) is 18.2 Å². The van der Waals surface area contributed by atoms with Gasteiger partial charge >= 0.3 is 5.97 Å². The predicted octanol–water partition coefficient (Wildman–Crippen LogP) is -0.544. The first-order valence-corrected chi connectivity index (χ1v) is 6.58. The average Bonchev–Trinajstić information content (AvgIpc) is 2.40. The summed E-state index contributed by atoms with van der Waals surface area (Å²) in [5.41, 5.74) is 0. The Bertz CT molecular complexity index is 362. The second-order valence-electron chi connectivity index (χ2n) is 4.73. The summed E-state index contributed by atoms with van der Waals surface area (Å²) in [6, 6.07) is -0.672. The summed E-state index contributed by atoms with van der Waals surface area (Å²) < 4.78 is 26.8. The molecule has 1 aliphatic rings. The van der Waals surface area contributed by atoms with Crippen molar-refractivity contribution >= 4 is 11.9 Å². The quantitative estimate of drug-likeness (QED) is 0.659. The zero-order valence-electron chi connectivity index (χ0n) is 13.0. The molecule has 1 saturated heterocycles. The van der Waals surface area contributed by atoms with Crippen molar-refractivity contribution in [2.24, 2.45) is 0 Å². The van der Waals surface area contributed by atoms with Crippen LogP contribution >= 0.6 is 0 Å². The molecule has 0 aromatic heterocycles. The lowest BCUT2D eigenvalue weighted by Crippen LogP contribution is -2.66. The van der Waals surface area contributed by atoms with E-state index in [-0.39, 0.29) is 12.5 Å². The number of nitrogens with one attached hydrogen (secondary N) is 1. The first-order valence-electron chi connectivity index (χ1n) is 6.58. The second-order valence-corrected chi connectivity index (χ2v) is 4.73. The lowest BCUT2D eigenvalue weighted by Gasteiger charge is -2.44. The van der Waals surface area contributed by atoms with Gasteiger partial charge < -0.3 is 29.0 Å². The smallest absolute Gasteiger partial charge is 0.303 e. The SMILES string of the molecule is COC[C@H]1O[C@H](OC)[C@H](NC(C)=O)[C@@H](OC(C)=O)[C@@H]1OC. The van der Waals surface area contributed by atoms with E-state index in [1.165, 1.54) is 35.2 Å². The van der Waals surface area contributed by atoms with Crippen LogP contribution in [0.2, 0.25) is 0 Å². The van der Waals surface area contributed by atoms with E-state index in [2.05, 4.69) is 5.32 Å². The molecule has 0 saturated carbocycles. The van der Waals surface area contributed by atoms with Crippen molar-refractivity contribution in [3.63, 3.8) is 0 Å². The lowest BCUT2D eigenvalue weighted by molar-refractivity contribution is -0.271. The fraction of sp³-hybridized carbons (Fsp3) is 0.846. The molecule has 5 atom stereocenters. The number of hydrogen-bond donors (Lipinski definition) is 1. The third-order valence-electron chi connectivity index (χ3n) is 3.15. The maximum Gasteiger partial charge on any atom is 0.303 e. The summed E-state index contributed by atoms with van der Waals surface area (Å²) in [4.78, 5) is 22.7. The number of amides is 1. The Morgan fingerprint density at radius 3 is 2.19 bits per heavy atom. The largest absolute Gasteiger partial charge is 0.457 e. The molecule has 1 fully saturated rings. The molecular formula is C13H23NO7. The zero-order valence-corrected chi connectivity index (χ0v) is 13.0. The number of rotatable bonds is 6. The standard InChI is InChI=1S/C13H23NO7/c1-7(15)14-10-12(20-8(2)16)11(18-4)9(6-17-3)21-13(10)19-5/h9-13H,6H2,1-5H3,(H,14,15)/t9-,10-,11-,12-,13+/m1/s1. The van der Waals surface area contributed by atoms with Gasteiger partial charge in [0.15, 0.2) is 12.4 Å². The summed E-state index contributed by atoms with van der Waals surface area (Å²) in [5, 5.41) is 2.68. The molecule has 0 aromatic rings. The molecule has 1 heterocycles. The van der Waals surface area contributed by atoms with Crippen molar-refractivity contribution in [3.8, 4) is 0 Å². The minimum atomic E-state index is -0.773. The Morgan fingerprint density at radius 2 is 1.76 bits per heavy atom. The number of ether oxygens (including phenoxy) is 5. The summed E-state index contributed by atoms with van der Waals surface area (Å²) in [6.07, 6.45) is -2.59. The summed E-state index contributed by atoms with van der Waals surface area (Å²) >= 11 is 0. The molecule has 1 N–H and O–H groups in total. The lowest BCUT2D eigenvalue weighted by atomic mass is 9.96. The topological polar surface area (TPSA) is 92.3 Å². The van der Waals surface area contributed by atoms with Gasteiger partial charge in [0.25, 0.3) is 0 Å². The van der Waals surface area contributed by atoms with E-state index < -0.39 is 36.6 Å². The van der Waals surface area contributed by atoms with Gasteiger partial charge in [-0.15, -0.1) is 0 Å². The van der Waals surface area contributed by atoms with Gasteiger partial charge in [-0.05, 0) is 0 Å². The molecule has 8 heteroatoms. The maximum absolute atomic E-state index is 11.4. The number of methoxy groups -OCH3 is 3. The van der Waals surface area contributed by atoms with Gasteiger partial charge in [-0.25, -0.2) is 0 Å². The molecule has 0 unspecified atom stereocenters. The van der Waals surface area contributed by atoms with Crippen LogP contribution in [0.4, 0.5) is 0 Å². The van der Waals surface area contributed by atoms with E-state index in [0.717, 1.165) is 0 Å². The number of esters is 1. The van der Waals surface area contributed by atoms with E-state index in [1.54, 1.807) is 0 Å². The van der Waals surface area contributed by atoms with Crippen LogP contribution < -0.4 is 5.32 Å². The number of carbonyl (C=O) groups excluding carboxylic acids is 2. The summed E-state index contributed by atoms with van der Waals surface area (Å²) in [6.45, 7) is 2.89. The van der Waals surface area contributed by atoms with Crippen molar-refractivity contribution in [3.05, 3.63) is 0 Å². The third kappa shape index (κ3) is 4.63. The molecular weight excluding hydrogens is 282 g/mol. The fourth-order valence-corrected chi connectivity index (χ4v) is 2.41. The van der Waals surface area contributed by atoms with Crippen molar-refractivity contribution in [2.45, 2.75) is 44.5 Å². The van der Waals surface area contributed by atoms with Crippen LogP contribution in [0.5, 0.6) is 0 Å². The zero-order chi connectivity index (χ0) is 16.0. The summed E-state index contributed by atoms with van der Waals surface area (Å²) in [7, 11) is 4.45. The molecule has 0 bridgehead atoms. The highest BCUT2D eigenvalue weighted by Crippen LogP contribution is 2.26. The Balaban J connectivity index is 3.05. The fourth-order valence-electron chi connectivity index (χ4n) is 2.41. The number of hydrogen-bond acceptors (Lipinski definition) is 7. The van der Waals surface area contributed by atoms with Gasteiger partial charge in [-0.2, -0.15) is 0 Å². The molecule has 0 aliphatic carbocycles. The second kappa shape index (κ2) is 8.28. The van der Waals surface area contributed by atoms with E-state index in [0.29, 0.717) is 0 Å². The number of carbonyl (C=O) groups is 2.